The second-order valence-electron chi connectivity index (χ2n) is 5.83. The van der Waals surface area contributed by atoms with E-state index in [4.69, 9.17) is 4.74 Å². The zero-order valence-corrected chi connectivity index (χ0v) is 13.9. The Morgan fingerprint density at radius 2 is 2.13 bits per heavy atom. The Hall–Kier alpha value is -1.69. The van der Waals surface area contributed by atoms with Gasteiger partial charge in [0, 0.05) is 26.2 Å². The number of hydrogen-bond donors (Lipinski definition) is 1. The van der Waals surface area contributed by atoms with Crippen molar-refractivity contribution >= 4 is 17.2 Å². The SMILES string of the molecule is O=C(C[C@@H]1CN(Cc2ccccc2)CCO1)NCc1ccsc1. The summed E-state index contributed by atoms with van der Waals surface area (Å²) < 4.78 is 5.75. The number of amides is 1. The molecule has 0 saturated carbocycles. The second kappa shape index (κ2) is 8.24. The molecule has 0 aliphatic carbocycles. The van der Waals surface area contributed by atoms with E-state index in [1.54, 1.807) is 11.3 Å². The number of thiophene rings is 1. The van der Waals surface area contributed by atoms with Crippen LogP contribution in [0, 0.1) is 0 Å². The fourth-order valence-corrected chi connectivity index (χ4v) is 3.43. The van der Waals surface area contributed by atoms with Crippen LogP contribution in [0.25, 0.3) is 0 Å². The van der Waals surface area contributed by atoms with Crippen molar-refractivity contribution in [3.8, 4) is 0 Å². The minimum Gasteiger partial charge on any atom is -0.375 e. The van der Waals surface area contributed by atoms with E-state index in [2.05, 4.69) is 39.9 Å². The van der Waals surface area contributed by atoms with Gasteiger partial charge in [-0.2, -0.15) is 11.3 Å². The largest absolute Gasteiger partial charge is 0.375 e. The lowest BCUT2D eigenvalue weighted by Crippen LogP contribution is -2.44. The molecule has 122 valence electrons. The first-order chi connectivity index (χ1) is 11.3. The first kappa shape index (κ1) is 16.2. The lowest BCUT2D eigenvalue weighted by atomic mass is 10.1. The van der Waals surface area contributed by atoms with Gasteiger partial charge in [-0.3, -0.25) is 9.69 Å². The third-order valence-corrected chi connectivity index (χ3v) is 4.69. The number of rotatable bonds is 6. The highest BCUT2D eigenvalue weighted by atomic mass is 32.1. The molecule has 1 fully saturated rings. The number of nitrogens with zero attached hydrogens (tertiary/aromatic N) is 1. The van der Waals surface area contributed by atoms with Crippen molar-refractivity contribution < 1.29 is 9.53 Å². The Bertz CT molecular complexity index is 601. The molecule has 1 atom stereocenters. The Morgan fingerprint density at radius 1 is 1.26 bits per heavy atom. The Labute approximate surface area is 141 Å². The predicted molar refractivity (Wildman–Crippen MR) is 92.2 cm³/mol. The Balaban J connectivity index is 1.43. The molecule has 1 N–H and O–H groups in total. The van der Waals surface area contributed by atoms with E-state index < -0.39 is 0 Å². The number of morpholine rings is 1. The van der Waals surface area contributed by atoms with E-state index in [9.17, 15) is 4.79 Å². The van der Waals surface area contributed by atoms with Crippen LogP contribution in [-0.2, 0) is 22.6 Å². The Morgan fingerprint density at radius 3 is 2.91 bits per heavy atom. The molecule has 0 spiro atoms. The highest BCUT2D eigenvalue weighted by Crippen LogP contribution is 2.13. The van der Waals surface area contributed by atoms with Crippen LogP contribution in [0.4, 0.5) is 0 Å². The molecular weight excluding hydrogens is 308 g/mol. The van der Waals surface area contributed by atoms with Gasteiger partial charge in [0.2, 0.25) is 5.91 Å². The molecule has 0 radical (unpaired) electrons. The predicted octanol–water partition coefficient (Wildman–Crippen LogP) is 2.66. The molecular formula is C18H22N2O2S. The molecule has 1 aromatic heterocycles. The molecule has 5 heteroatoms. The summed E-state index contributed by atoms with van der Waals surface area (Å²) in [7, 11) is 0. The van der Waals surface area contributed by atoms with Crippen molar-refractivity contribution in [2.75, 3.05) is 19.7 Å². The highest BCUT2D eigenvalue weighted by Gasteiger charge is 2.22. The zero-order valence-electron chi connectivity index (χ0n) is 13.1. The van der Waals surface area contributed by atoms with Crippen LogP contribution >= 0.6 is 11.3 Å². The van der Waals surface area contributed by atoms with Crippen LogP contribution in [0.2, 0.25) is 0 Å². The summed E-state index contributed by atoms with van der Waals surface area (Å²) in [4.78, 5) is 14.4. The maximum absolute atomic E-state index is 12.1. The van der Waals surface area contributed by atoms with E-state index in [1.165, 1.54) is 5.56 Å². The minimum absolute atomic E-state index is 0.0186. The average Bonchev–Trinajstić information content (AvgIpc) is 3.08. The van der Waals surface area contributed by atoms with Gasteiger partial charge in [0.1, 0.15) is 0 Å². The molecule has 2 heterocycles. The monoisotopic (exact) mass is 330 g/mol. The van der Waals surface area contributed by atoms with Crippen molar-refractivity contribution in [1.82, 2.24) is 10.2 Å². The third-order valence-electron chi connectivity index (χ3n) is 3.95. The first-order valence-electron chi connectivity index (χ1n) is 7.95. The van der Waals surface area contributed by atoms with E-state index in [0.29, 0.717) is 19.6 Å². The number of carbonyl (C=O) groups is 1. The molecule has 1 saturated heterocycles. The smallest absolute Gasteiger partial charge is 0.222 e. The van der Waals surface area contributed by atoms with Gasteiger partial charge in [0.15, 0.2) is 0 Å². The molecule has 1 aliphatic heterocycles. The fourth-order valence-electron chi connectivity index (χ4n) is 2.76. The molecule has 2 aromatic rings. The van der Waals surface area contributed by atoms with E-state index in [-0.39, 0.29) is 12.0 Å². The highest BCUT2D eigenvalue weighted by molar-refractivity contribution is 7.07. The first-order valence-corrected chi connectivity index (χ1v) is 8.89. The lowest BCUT2D eigenvalue weighted by Gasteiger charge is -2.32. The molecule has 1 aromatic carbocycles. The van der Waals surface area contributed by atoms with Crippen molar-refractivity contribution in [3.05, 3.63) is 58.3 Å². The van der Waals surface area contributed by atoms with Crippen molar-refractivity contribution in [2.24, 2.45) is 0 Å². The lowest BCUT2D eigenvalue weighted by molar-refractivity contribution is -0.126. The number of hydrogen-bond acceptors (Lipinski definition) is 4. The van der Waals surface area contributed by atoms with Gasteiger partial charge < -0.3 is 10.1 Å². The number of carbonyl (C=O) groups excluding carboxylic acids is 1. The maximum atomic E-state index is 12.1. The van der Waals surface area contributed by atoms with Crippen LogP contribution in [0.15, 0.2) is 47.2 Å². The molecule has 1 aliphatic rings. The van der Waals surface area contributed by atoms with E-state index >= 15 is 0 Å². The van der Waals surface area contributed by atoms with Crippen molar-refractivity contribution in [2.45, 2.75) is 25.6 Å². The van der Waals surface area contributed by atoms with Gasteiger partial charge in [0.05, 0.1) is 19.1 Å². The van der Waals surface area contributed by atoms with Gasteiger partial charge >= 0.3 is 0 Å². The quantitative estimate of drug-likeness (QED) is 0.885. The molecule has 0 bridgehead atoms. The fraction of sp³-hybridized carbons (Fsp3) is 0.389. The number of ether oxygens (including phenoxy) is 1. The van der Waals surface area contributed by atoms with Gasteiger partial charge in [-0.25, -0.2) is 0 Å². The number of benzene rings is 1. The topological polar surface area (TPSA) is 41.6 Å². The summed E-state index contributed by atoms with van der Waals surface area (Å²) in [5.74, 6) is 0.0581. The summed E-state index contributed by atoms with van der Waals surface area (Å²) in [5, 5.41) is 7.04. The van der Waals surface area contributed by atoms with Crippen molar-refractivity contribution in [1.29, 1.82) is 0 Å². The van der Waals surface area contributed by atoms with Crippen LogP contribution in [0.5, 0.6) is 0 Å². The minimum atomic E-state index is -0.0186. The van der Waals surface area contributed by atoms with E-state index in [0.717, 1.165) is 25.2 Å². The normalized spacial score (nSPS) is 18.7. The van der Waals surface area contributed by atoms with Gasteiger partial charge in [-0.05, 0) is 28.0 Å². The van der Waals surface area contributed by atoms with Gasteiger partial charge in [-0.1, -0.05) is 30.3 Å². The van der Waals surface area contributed by atoms with Gasteiger partial charge in [0.25, 0.3) is 0 Å². The molecule has 23 heavy (non-hydrogen) atoms. The summed E-state index contributed by atoms with van der Waals surface area (Å²) in [6, 6.07) is 12.5. The standard InChI is InChI=1S/C18H22N2O2S/c21-18(19-11-16-6-9-23-14-16)10-17-13-20(7-8-22-17)12-15-4-2-1-3-5-15/h1-6,9,14,17H,7-8,10-13H2,(H,19,21)/t17-/m1/s1. The summed E-state index contributed by atoms with van der Waals surface area (Å²) >= 11 is 1.65. The summed E-state index contributed by atoms with van der Waals surface area (Å²) in [5.41, 5.74) is 2.45. The second-order valence-corrected chi connectivity index (χ2v) is 6.61. The molecule has 3 rings (SSSR count). The third kappa shape index (κ3) is 5.16. The summed E-state index contributed by atoms with van der Waals surface area (Å²) in [6.07, 6.45) is 0.407. The molecule has 0 unspecified atom stereocenters. The van der Waals surface area contributed by atoms with Crippen LogP contribution in [0.1, 0.15) is 17.5 Å². The zero-order chi connectivity index (χ0) is 15.9. The number of nitrogens with one attached hydrogen (secondary N) is 1. The van der Waals surface area contributed by atoms with E-state index in [1.807, 2.05) is 17.5 Å². The van der Waals surface area contributed by atoms with Crippen LogP contribution in [-0.4, -0.2) is 36.6 Å². The van der Waals surface area contributed by atoms with Crippen molar-refractivity contribution in [3.63, 3.8) is 0 Å². The van der Waals surface area contributed by atoms with Gasteiger partial charge in [-0.15, -0.1) is 0 Å². The molecule has 4 nitrogen and oxygen atoms in total. The Kier molecular flexibility index (Phi) is 5.80. The average molecular weight is 330 g/mol. The summed E-state index contributed by atoms with van der Waals surface area (Å²) in [6.45, 7) is 3.93. The van der Waals surface area contributed by atoms with Crippen LogP contribution < -0.4 is 5.32 Å². The molecule has 1 amide bonds. The maximum Gasteiger partial charge on any atom is 0.222 e. The van der Waals surface area contributed by atoms with Crippen LogP contribution in [0.3, 0.4) is 0 Å².